The van der Waals surface area contributed by atoms with Gasteiger partial charge in [-0.2, -0.15) is 0 Å². The lowest BCUT2D eigenvalue weighted by Gasteiger charge is -2.42. The van der Waals surface area contributed by atoms with Crippen molar-refractivity contribution in [2.75, 3.05) is 13.6 Å². The SMILES string of the molecule is CC1CCNC12CCC2.CN. The second-order valence-corrected chi connectivity index (χ2v) is 3.63. The van der Waals surface area contributed by atoms with Crippen molar-refractivity contribution in [2.45, 2.75) is 38.1 Å². The van der Waals surface area contributed by atoms with E-state index in [1.54, 1.807) is 0 Å². The Morgan fingerprint density at radius 2 is 2.00 bits per heavy atom. The van der Waals surface area contributed by atoms with E-state index in [1.807, 2.05) is 0 Å². The summed E-state index contributed by atoms with van der Waals surface area (Å²) in [5, 5.41) is 3.62. The van der Waals surface area contributed by atoms with Crippen molar-refractivity contribution in [3.8, 4) is 0 Å². The third-order valence-electron chi connectivity index (χ3n) is 3.24. The highest BCUT2D eigenvalue weighted by atomic mass is 15.0. The smallest absolute Gasteiger partial charge is 0.0207 e. The van der Waals surface area contributed by atoms with E-state index in [0.717, 1.165) is 5.92 Å². The fourth-order valence-electron chi connectivity index (χ4n) is 2.22. The normalized spacial score (nSPS) is 32.5. The third kappa shape index (κ3) is 1.42. The lowest BCUT2D eigenvalue weighted by molar-refractivity contribution is 0.162. The number of hydrogen-bond acceptors (Lipinski definition) is 2. The fraction of sp³-hybridized carbons (Fsp3) is 1.00. The molecular weight excluding hydrogens is 136 g/mol. The van der Waals surface area contributed by atoms with Crippen LogP contribution in [0.25, 0.3) is 0 Å². The zero-order chi connectivity index (χ0) is 8.32. The van der Waals surface area contributed by atoms with Gasteiger partial charge in [-0.05, 0) is 45.2 Å². The second kappa shape index (κ2) is 3.55. The number of hydrogen-bond donors (Lipinski definition) is 2. The van der Waals surface area contributed by atoms with Gasteiger partial charge in [0.25, 0.3) is 0 Å². The van der Waals surface area contributed by atoms with Crippen LogP contribution < -0.4 is 11.1 Å². The molecule has 0 radical (unpaired) electrons. The molecule has 2 aliphatic rings. The number of rotatable bonds is 0. The van der Waals surface area contributed by atoms with E-state index in [1.165, 1.54) is 39.3 Å². The van der Waals surface area contributed by atoms with Gasteiger partial charge in [0.05, 0.1) is 0 Å². The van der Waals surface area contributed by atoms with Gasteiger partial charge in [-0.1, -0.05) is 6.92 Å². The van der Waals surface area contributed by atoms with Gasteiger partial charge in [-0.15, -0.1) is 0 Å². The Bertz CT molecular complexity index is 119. The Morgan fingerprint density at radius 3 is 2.18 bits per heavy atom. The summed E-state index contributed by atoms with van der Waals surface area (Å²) in [6.45, 7) is 3.65. The van der Waals surface area contributed by atoms with Gasteiger partial charge in [0.15, 0.2) is 0 Å². The van der Waals surface area contributed by atoms with Crippen LogP contribution in [0.1, 0.15) is 32.6 Å². The molecule has 11 heavy (non-hydrogen) atoms. The largest absolute Gasteiger partial charge is 0.333 e. The lowest BCUT2D eigenvalue weighted by atomic mass is 9.70. The quantitative estimate of drug-likeness (QED) is 0.551. The van der Waals surface area contributed by atoms with E-state index in [9.17, 15) is 0 Å². The van der Waals surface area contributed by atoms with Crippen molar-refractivity contribution < 1.29 is 0 Å². The Hall–Kier alpha value is -0.0800. The fourth-order valence-corrected chi connectivity index (χ4v) is 2.22. The Morgan fingerprint density at radius 1 is 1.36 bits per heavy atom. The number of nitrogens with two attached hydrogens (primary N) is 1. The van der Waals surface area contributed by atoms with Gasteiger partial charge in [-0.25, -0.2) is 0 Å². The molecule has 1 aliphatic carbocycles. The summed E-state index contributed by atoms with van der Waals surface area (Å²) in [5.41, 5.74) is 5.12. The molecule has 0 bridgehead atoms. The molecule has 1 heterocycles. The standard InChI is InChI=1S/C8H15N.CH5N/c1-7-3-6-9-8(7)4-2-5-8;1-2/h7,9H,2-6H2,1H3;2H2,1H3. The van der Waals surface area contributed by atoms with E-state index < -0.39 is 0 Å². The van der Waals surface area contributed by atoms with Crippen LogP contribution in [0.2, 0.25) is 0 Å². The molecule has 1 aliphatic heterocycles. The highest BCUT2D eigenvalue weighted by Gasteiger charge is 2.44. The maximum Gasteiger partial charge on any atom is 0.0207 e. The average Bonchev–Trinajstić information content (AvgIpc) is 2.34. The van der Waals surface area contributed by atoms with Crippen LogP contribution in [-0.4, -0.2) is 19.1 Å². The zero-order valence-corrected chi connectivity index (χ0v) is 7.69. The molecule has 1 saturated carbocycles. The maximum atomic E-state index is 4.50. The molecule has 1 unspecified atom stereocenters. The second-order valence-electron chi connectivity index (χ2n) is 3.63. The minimum absolute atomic E-state index is 0.625. The van der Waals surface area contributed by atoms with Crippen LogP contribution in [0, 0.1) is 5.92 Å². The van der Waals surface area contributed by atoms with Gasteiger partial charge in [0, 0.05) is 5.54 Å². The summed E-state index contributed by atoms with van der Waals surface area (Å²) in [7, 11) is 1.50. The van der Waals surface area contributed by atoms with E-state index in [-0.39, 0.29) is 0 Å². The summed E-state index contributed by atoms with van der Waals surface area (Å²) < 4.78 is 0. The highest BCUT2D eigenvalue weighted by molar-refractivity contribution is 5.03. The van der Waals surface area contributed by atoms with Crippen LogP contribution in [-0.2, 0) is 0 Å². The van der Waals surface area contributed by atoms with Gasteiger partial charge in [0.2, 0.25) is 0 Å². The van der Waals surface area contributed by atoms with Gasteiger partial charge >= 0.3 is 0 Å². The van der Waals surface area contributed by atoms with Crippen molar-refractivity contribution >= 4 is 0 Å². The van der Waals surface area contributed by atoms with Crippen LogP contribution >= 0.6 is 0 Å². The molecule has 1 spiro atoms. The molecule has 0 aromatic heterocycles. The first-order valence-corrected chi connectivity index (χ1v) is 4.66. The first-order chi connectivity index (χ1) is 5.33. The van der Waals surface area contributed by atoms with E-state index in [0.29, 0.717) is 5.54 Å². The zero-order valence-electron chi connectivity index (χ0n) is 7.69. The predicted molar refractivity (Wildman–Crippen MR) is 48.5 cm³/mol. The molecule has 2 rings (SSSR count). The summed E-state index contributed by atoms with van der Waals surface area (Å²) >= 11 is 0. The monoisotopic (exact) mass is 156 g/mol. The van der Waals surface area contributed by atoms with Gasteiger partial charge in [0.1, 0.15) is 0 Å². The first kappa shape index (κ1) is 9.01. The summed E-state index contributed by atoms with van der Waals surface area (Å²) in [4.78, 5) is 0. The molecule has 1 saturated heterocycles. The third-order valence-corrected chi connectivity index (χ3v) is 3.24. The molecule has 3 N–H and O–H groups in total. The summed E-state index contributed by atoms with van der Waals surface area (Å²) in [6, 6.07) is 0. The van der Waals surface area contributed by atoms with Crippen LogP contribution in [0.15, 0.2) is 0 Å². The van der Waals surface area contributed by atoms with E-state index in [4.69, 9.17) is 0 Å². The minimum Gasteiger partial charge on any atom is -0.333 e. The van der Waals surface area contributed by atoms with Crippen molar-refractivity contribution in [1.29, 1.82) is 0 Å². The summed E-state index contributed by atoms with van der Waals surface area (Å²) in [5.74, 6) is 0.950. The van der Waals surface area contributed by atoms with Crippen LogP contribution in [0.3, 0.4) is 0 Å². The molecule has 2 nitrogen and oxygen atoms in total. The predicted octanol–water partition coefficient (Wildman–Crippen LogP) is 1.11. The van der Waals surface area contributed by atoms with Gasteiger partial charge in [-0.3, -0.25) is 0 Å². The van der Waals surface area contributed by atoms with E-state index >= 15 is 0 Å². The highest BCUT2D eigenvalue weighted by Crippen LogP contribution is 2.42. The molecule has 0 amide bonds. The van der Waals surface area contributed by atoms with Crippen molar-refractivity contribution in [2.24, 2.45) is 11.7 Å². The van der Waals surface area contributed by atoms with E-state index in [2.05, 4.69) is 18.0 Å². The molecule has 0 aromatic carbocycles. The minimum atomic E-state index is 0.625. The molecular formula is C9H20N2. The maximum absolute atomic E-state index is 4.50. The Kier molecular flexibility index (Phi) is 2.90. The van der Waals surface area contributed by atoms with Crippen LogP contribution in [0.4, 0.5) is 0 Å². The molecule has 66 valence electrons. The molecule has 0 aromatic rings. The Balaban J connectivity index is 0.000000281. The molecule has 1 atom stereocenters. The number of nitrogens with one attached hydrogen (secondary N) is 1. The van der Waals surface area contributed by atoms with Gasteiger partial charge < -0.3 is 11.1 Å². The molecule has 2 fully saturated rings. The van der Waals surface area contributed by atoms with Crippen LogP contribution in [0.5, 0.6) is 0 Å². The topological polar surface area (TPSA) is 38.0 Å². The molecule has 2 heteroatoms. The van der Waals surface area contributed by atoms with Crippen molar-refractivity contribution in [3.05, 3.63) is 0 Å². The Labute approximate surface area is 69.5 Å². The van der Waals surface area contributed by atoms with Crippen molar-refractivity contribution in [1.82, 2.24) is 5.32 Å². The first-order valence-electron chi connectivity index (χ1n) is 4.66. The lowest BCUT2D eigenvalue weighted by Crippen LogP contribution is -2.49. The average molecular weight is 156 g/mol. The summed E-state index contributed by atoms with van der Waals surface area (Å²) in [6.07, 6.45) is 5.74. The van der Waals surface area contributed by atoms with Crippen molar-refractivity contribution in [3.63, 3.8) is 0 Å².